The lowest BCUT2D eigenvalue weighted by Crippen LogP contribution is -2.36. The largest absolute Gasteiger partial charge is 0.349 e. The van der Waals surface area contributed by atoms with Gasteiger partial charge in [-0.1, -0.05) is 55.7 Å². The van der Waals surface area contributed by atoms with Crippen molar-refractivity contribution >= 4 is 11.8 Å². The van der Waals surface area contributed by atoms with Crippen molar-refractivity contribution in [2.75, 3.05) is 7.05 Å². The van der Waals surface area contributed by atoms with Gasteiger partial charge in [0.1, 0.15) is 0 Å². The highest BCUT2D eigenvalue weighted by Gasteiger charge is 2.18. The average molecular weight is 350 g/mol. The maximum Gasteiger partial charge on any atom is 0.253 e. The highest BCUT2D eigenvalue weighted by molar-refractivity contribution is 5.99. The minimum absolute atomic E-state index is 0.0823. The molecule has 3 rings (SSSR count). The molecular weight excluding hydrogens is 324 g/mol. The van der Waals surface area contributed by atoms with E-state index in [0.29, 0.717) is 17.7 Å². The first-order valence-electron chi connectivity index (χ1n) is 9.34. The molecule has 1 fully saturated rings. The monoisotopic (exact) mass is 350 g/mol. The smallest absolute Gasteiger partial charge is 0.253 e. The third kappa shape index (κ3) is 4.72. The maximum atomic E-state index is 12.7. The van der Waals surface area contributed by atoms with Crippen LogP contribution in [0.1, 0.15) is 58.4 Å². The highest BCUT2D eigenvalue weighted by Crippen LogP contribution is 2.18. The first-order valence-corrected chi connectivity index (χ1v) is 9.34. The Balaban J connectivity index is 1.65. The fraction of sp³-hybridized carbons (Fsp3) is 0.364. The lowest BCUT2D eigenvalue weighted by atomic mass is 9.95. The SMILES string of the molecule is CN(Cc1ccccc1)C(=O)c1cccc(C(=O)NC2CCCCC2)c1. The molecule has 0 saturated heterocycles. The molecule has 1 aliphatic rings. The zero-order valence-corrected chi connectivity index (χ0v) is 15.3. The molecule has 4 heteroatoms. The van der Waals surface area contributed by atoms with Crippen LogP contribution < -0.4 is 5.32 Å². The van der Waals surface area contributed by atoms with Crippen LogP contribution in [0, 0.1) is 0 Å². The molecule has 0 spiro atoms. The molecule has 0 atom stereocenters. The van der Waals surface area contributed by atoms with Crippen molar-refractivity contribution in [3.8, 4) is 0 Å². The van der Waals surface area contributed by atoms with Crippen molar-refractivity contribution in [3.63, 3.8) is 0 Å². The summed E-state index contributed by atoms with van der Waals surface area (Å²) in [6.07, 6.45) is 5.69. The summed E-state index contributed by atoms with van der Waals surface area (Å²) in [4.78, 5) is 26.9. The number of carbonyl (C=O) groups excluding carboxylic acids is 2. The Labute approximate surface area is 155 Å². The van der Waals surface area contributed by atoms with Crippen molar-refractivity contribution in [3.05, 3.63) is 71.3 Å². The molecule has 4 nitrogen and oxygen atoms in total. The van der Waals surface area contributed by atoms with Gasteiger partial charge in [-0.25, -0.2) is 0 Å². The molecule has 1 saturated carbocycles. The lowest BCUT2D eigenvalue weighted by molar-refractivity contribution is 0.0785. The van der Waals surface area contributed by atoms with Gasteiger partial charge in [-0.3, -0.25) is 9.59 Å². The van der Waals surface area contributed by atoms with Gasteiger partial charge in [0.2, 0.25) is 0 Å². The number of carbonyl (C=O) groups is 2. The van der Waals surface area contributed by atoms with Crippen molar-refractivity contribution in [1.29, 1.82) is 0 Å². The fourth-order valence-corrected chi connectivity index (χ4v) is 3.46. The van der Waals surface area contributed by atoms with Crippen LogP contribution in [0.5, 0.6) is 0 Å². The molecule has 2 amide bonds. The number of hydrogen-bond acceptors (Lipinski definition) is 2. The Hall–Kier alpha value is -2.62. The molecule has 0 heterocycles. The van der Waals surface area contributed by atoms with E-state index >= 15 is 0 Å². The van der Waals surface area contributed by atoms with E-state index in [0.717, 1.165) is 18.4 Å². The van der Waals surface area contributed by atoms with Gasteiger partial charge in [-0.05, 0) is 36.6 Å². The Morgan fingerprint density at radius 2 is 1.65 bits per heavy atom. The Morgan fingerprint density at radius 1 is 0.962 bits per heavy atom. The highest BCUT2D eigenvalue weighted by atomic mass is 16.2. The lowest BCUT2D eigenvalue weighted by Gasteiger charge is -2.23. The third-order valence-corrected chi connectivity index (χ3v) is 4.92. The number of amides is 2. The van der Waals surface area contributed by atoms with Gasteiger partial charge in [0.05, 0.1) is 0 Å². The second-order valence-electron chi connectivity index (χ2n) is 7.04. The molecule has 26 heavy (non-hydrogen) atoms. The Morgan fingerprint density at radius 3 is 2.38 bits per heavy atom. The predicted molar refractivity (Wildman–Crippen MR) is 103 cm³/mol. The molecule has 0 bridgehead atoms. The Bertz CT molecular complexity index is 752. The van der Waals surface area contributed by atoms with Crippen LogP contribution in [-0.2, 0) is 6.54 Å². The van der Waals surface area contributed by atoms with E-state index in [1.807, 2.05) is 30.3 Å². The summed E-state index contributed by atoms with van der Waals surface area (Å²) in [5.41, 5.74) is 2.17. The zero-order valence-electron chi connectivity index (χ0n) is 15.3. The number of rotatable bonds is 5. The Kier molecular flexibility index (Phi) is 6.05. The molecule has 0 aliphatic heterocycles. The second-order valence-corrected chi connectivity index (χ2v) is 7.04. The molecule has 0 unspecified atom stereocenters. The van der Waals surface area contributed by atoms with Crippen LogP contribution in [-0.4, -0.2) is 29.8 Å². The van der Waals surface area contributed by atoms with Crippen LogP contribution >= 0.6 is 0 Å². The summed E-state index contributed by atoms with van der Waals surface area (Å²) in [5, 5.41) is 3.11. The van der Waals surface area contributed by atoms with Gasteiger partial charge in [0, 0.05) is 30.8 Å². The molecule has 136 valence electrons. The van der Waals surface area contributed by atoms with Crippen molar-refractivity contribution < 1.29 is 9.59 Å². The summed E-state index contributed by atoms with van der Waals surface area (Å²) in [6.45, 7) is 0.540. The number of benzene rings is 2. The van der Waals surface area contributed by atoms with Crippen LogP contribution in [0.15, 0.2) is 54.6 Å². The van der Waals surface area contributed by atoms with Crippen LogP contribution in [0.2, 0.25) is 0 Å². The summed E-state index contributed by atoms with van der Waals surface area (Å²) in [6, 6.07) is 17.1. The van der Waals surface area contributed by atoms with Gasteiger partial charge in [-0.15, -0.1) is 0 Å². The molecule has 2 aromatic rings. The normalized spacial score (nSPS) is 14.7. The number of nitrogens with zero attached hydrogens (tertiary/aromatic N) is 1. The van der Waals surface area contributed by atoms with Gasteiger partial charge in [0.15, 0.2) is 0 Å². The van der Waals surface area contributed by atoms with E-state index in [-0.39, 0.29) is 17.9 Å². The van der Waals surface area contributed by atoms with Crippen molar-refractivity contribution in [2.45, 2.75) is 44.7 Å². The summed E-state index contributed by atoms with van der Waals surface area (Å²) in [5.74, 6) is -0.168. The minimum Gasteiger partial charge on any atom is -0.349 e. The van der Waals surface area contributed by atoms with E-state index in [9.17, 15) is 9.59 Å². The fourth-order valence-electron chi connectivity index (χ4n) is 3.46. The van der Waals surface area contributed by atoms with E-state index in [2.05, 4.69) is 5.32 Å². The molecule has 2 aromatic carbocycles. The van der Waals surface area contributed by atoms with Crippen molar-refractivity contribution in [2.24, 2.45) is 0 Å². The molecule has 1 aliphatic carbocycles. The average Bonchev–Trinajstić information content (AvgIpc) is 2.69. The summed E-state index contributed by atoms with van der Waals surface area (Å²) < 4.78 is 0. The van der Waals surface area contributed by atoms with E-state index in [1.165, 1.54) is 19.3 Å². The molecule has 1 N–H and O–H groups in total. The zero-order chi connectivity index (χ0) is 18.4. The topological polar surface area (TPSA) is 49.4 Å². The maximum absolute atomic E-state index is 12.7. The van der Waals surface area contributed by atoms with Gasteiger partial charge in [0.25, 0.3) is 11.8 Å². The quantitative estimate of drug-likeness (QED) is 0.885. The van der Waals surface area contributed by atoms with Gasteiger partial charge in [-0.2, -0.15) is 0 Å². The standard InChI is InChI=1S/C22H26N2O2/c1-24(16-17-9-4-2-5-10-17)22(26)19-12-8-11-18(15-19)21(25)23-20-13-6-3-7-14-20/h2,4-5,8-12,15,20H,3,6-7,13-14,16H2,1H3,(H,23,25). The van der Waals surface area contributed by atoms with Crippen molar-refractivity contribution in [1.82, 2.24) is 10.2 Å². The first kappa shape index (κ1) is 18.2. The number of hydrogen-bond donors (Lipinski definition) is 1. The predicted octanol–water partition coefficient (Wildman–Crippen LogP) is 4.02. The molecular formula is C22H26N2O2. The van der Waals surface area contributed by atoms with E-state index < -0.39 is 0 Å². The van der Waals surface area contributed by atoms with E-state index in [4.69, 9.17) is 0 Å². The van der Waals surface area contributed by atoms with E-state index in [1.54, 1.807) is 36.2 Å². The summed E-state index contributed by atoms with van der Waals surface area (Å²) in [7, 11) is 1.78. The minimum atomic E-state index is -0.0859. The second kappa shape index (κ2) is 8.65. The van der Waals surface area contributed by atoms with Crippen LogP contribution in [0.4, 0.5) is 0 Å². The summed E-state index contributed by atoms with van der Waals surface area (Å²) >= 11 is 0. The number of nitrogens with one attached hydrogen (secondary N) is 1. The van der Waals surface area contributed by atoms with Crippen LogP contribution in [0.25, 0.3) is 0 Å². The van der Waals surface area contributed by atoms with Crippen LogP contribution in [0.3, 0.4) is 0 Å². The third-order valence-electron chi connectivity index (χ3n) is 4.92. The first-order chi connectivity index (χ1) is 12.6. The molecule has 0 aromatic heterocycles. The molecule has 0 radical (unpaired) electrons. The van der Waals surface area contributed by atoms with Gasteiger partial charge >= 0.3 is 0 Å². The van der Waals surface area contributed by atoms with Gasteiger partial charge < -0.3 is 10.2 Å².